The van der Waals surface area contributed by atoms with Crippen molar-refractivity contribution in [3.8, 4) is 5.75 Å². The van der Waals surface area contributed by atoms with Gasteiger partial charge in [0.25, 0.3) is 5.91 Å². The zero-order valence-corrected chi connectivity index (χ0v) is 21.4. The van der Waals surface area contributed by atoms with Gasteiger partial charge in [-0.15, -0.1) is 0 Å². The maximum absolute atomic E-state index is 13.8. The number of rotatable bonds is 7. The van der Waals surface area contributed by atoms with E-state index in [0.717, 1.165) is 25.0 Å². The van der Waals surface area contributed by atoms with Crippen molar-refractivity contribution < 1.29 is 40.7 Å². The number of amides is 1. The minimum Gasteiger partial charge on any atom is -0.490 e. The quantitative estimate of drug-likeness (QED) is 0.516. The number of piperidine rings is 1. The highest BCUT2D eigenvalue weighted by atomic mass is 32.2. The van der Waals surface area contributed by atoms with Gasteiger partial charge in [0, 0.05) is 26.1 Å². The largest absolute Gasteiger partial charge is 0.490 e. The number of benzene rings is 1. The molecule has 3 saturated heterocycles. The van der Waals surface area contributed by atoms with Crippen molar-refractivity contribution >= 4 is 27.7 Å². The van der Waals surface area contributed by atoms with Crippen LogP contribution in [0.3, 0.4) is 0 Å². The summed E-state index contributed by atoms with van der Waals surface area (Å²) in [6.45, 7) is 0.842. The summed E-state index contributed by atoms with van der Waals surface area (Å²) in [4.78, 5) is 18.7. The first kappa shape index (κ1) is 27.5. The molecule has 1 aromatic carbocycles. The molecule has 4 rings (SSSR count). The van der Waals surface area contributed by atoms with Crippen molar-refractivity contribution in [1.82, 2.24) is 9.79 Å². The van der Waals surface area contributed by atoms with E-state index in [-0.39, 0.29) is 32.0 Å². The first-order chi connectivity index (χ1) is 17.1. The molecule has 3 heterocycles. The summed E-state index contributed by atoms with van der Waals surface area (Å²) in [5.74, 6) is 0.715. The number of nitrogens with zero attached hydrogens (tertiary/aromatic N) is 1. The molecular formula is C23H31F3N2O6S2. The lowest BCUT2D eigenvalue weighted by Crippen LogP contribution is -2.60. The van der Waals surface area contributed by atoms with Gasteiger partial charge in [0.1, 0.15) is 11.9 Å². The number of thioether (sulfide) groups is 1. The molecule has 0 saturated carbocycles. The second-order valence-electron chi connectivity index (χ2n) is 9.20. The number of hydroxylamine groups is 1. The molecule has 1 unspecified atom stereocenters. The van der Waals surface area contributed by atoms with Crippen LogP contribution >= 0.6 is 11.8 Å². The van der Waals surface area contributed by atoms with E-state index in [0.29, 0.717) is 43.1 Å². The topological polar surface area (TPSA) is 94.2 Å². The molecule has 36 heavy (non-hydrogen) atoms. The molecule has 1 aromatic rings. The van der Waals surface area contributed by atoms with Gasteiger partial charge in [-0.25, -0.2) is 23.0 Å². The number of hydrogen-bond donors (Lipinski definition) is 1. The van der Waals surface area contributed by atoms with Crippen LogP contribution < -0.4 is 10.2 Å². The highest BCUT2D eigenvalue weighted by molar-refractivity contribution is 7.99. The lowest BCUT2D eigenvalue weighted by molar-refractivity contribution is -0.201. The third kappa shape index (κ3) is 6.12. The third-order valence-electron chi connectivity index (χ3n) is 6.85. The van der Waals surface area contributed by atoms with Gasteiger partial charge in [0.05, 0.1) is 5.56 Å². The number of nitrogens with one attached hydrogen (secondary N) is 1. The number of hydrogen-bond acceptors (Lipinski definition) is 7. The Labute approximate surface area is 213 Å². The molecular weight excluding hydrogens is 521 g/mol. The van der Waals surface area contributed by atoms with Crippen LogP contribution in [0.4, 0.5) is 13.2 Å². The average Bonchev–Trinajstić information content (AvgIpc) is 2.88. The van der Waals surface area contributed by atoms with E-state index in [1.54, 1.807) is 11.8 Å². The predicted molar refractivity (Wildman–Crippen MR) is 128 cm³/mol. The van der Waals surface area contributed by atoms with Gasteiger partial charge in [0.15, 0.2) is 11.0 Å². The zero-order valence-electron chi connectivity index (χ0n) is 19.8. The van der Waals surface area contributed by atoms with Crippen LogP contribution in [-0.4, -0.2) is 67.0 Å². The Hall–Kier alpha value is -1.54. The minimum atomic E-state index is -4.42. The molecule has 0 spiro atoms. The molecule has 3 aliphatic rings. The van der Waals surface area contributed by atoms with E-state index < -0.39 is 38.7 Å². The summed E-state index contributed by atoms with van der Waals surface area (Å²) < 4.78 is 76.8. The number of carbonyl (C=O) groups excluding carboxylic acids is 1. The Balaban J connectivity index is 1.38. The van der Waals surface area contributed by atoms with Crippen molar-refractivity contribution in [1.29, 1.82) is 0 Å². The highest BCUT2D eigenvalue weighted by Crippen LogP contribution is 2.38. The maximum atomic E-state index is 13.8. The van der Waals surface area contributed by atoms with Gasteiger partial charge in [0.2, 0.25) is 10.0 Å². The Morgan fingerprint density at radius 1 is 1.08 bits per heavy atom. The highest BCUT2D eigenvalue weighted by Gasteiger charge is 2.54. The zero-order chi connectivity index (χ0) is 25.8. The number of sulfonamides is 1. The van der Waals surface area contributed by atoms with Gasteiger partial charge in [-0.1, -0.05) is 0 Å². The summed E-state index contributed by atoms with van der Waals surface area (Å²) in [6, 6.07) is 4.44. The summed E-state index contributed by atoms with van der Waals surface area (Å²) in [6.07, 6.45) is -1.81. The van der Waals surface area contributed by atoms with E-state index in [1.807, 2.05) is 0 Å². The normalized spacial score (nSPS) is 24.2. The van der Waals surface area contributed by atoms with E-state index >= 15 is 0 Å². The molecule has 0 radical (unpaired) electrons. The summed E-state index contributed by atoms with van der Waals surface area (Å²) >= 11 is 1.61. The van der Waals surface area contributed by atoms with Crippen LogP contribution in [-0.2, 0) is 30.6 Å². The van der Waals surface area contributed by atoms with Crippen molar-refractivity contribution in [2.24, 2.45) is 0 Å². The van der Waals surface area contributed by atoms with Crippen LogP contribution in [0.5, 0.6) is 5.75 Å². The number of carbonyl (C=O) groups is 1. The fraction of sp³-hybridized carbons (Fsp3) is 0.696. The van der Waals surface area contributed by atoms with E-state index in [2.05, 4.69) is 5.48 Å². The van der Waals surface area contributed by atoms with E-state index in [4.69, 9.17) is 14.3 Å². The Bertz CT molecular complexity index is 986. The summed E-state index contributed by atoms with van der Waals surface area (Å²) in [5.41, 5.74) is 1.62. The minimum absolute atomic E-state index is 0.155. The standard InChI is InChI=1S/C23H31F3N2O6S2/c24-23(25,26)17-4-6-18(7-5-17)33-19-8-12-28(13-9-19)36(30,31)22(10-15-35-16-11-22)21(29)27-34-20-3-1-2-14-32-20/h4-7,19-20H,1-3,8-16H2,(H,27,29). The second kappa shape index (κ2) is 11.5. The van der Waals surface area contributed by atoms with Crippen LogP contribution in [0, 0.1) is 0 Å². The van der Waals surface area contributed by atoms with E-state index in [1.165, 1.54) is 16.4 Å². The van der Waals surface area contributed by atoms with Crippen LogP contribution in [0.15, 0.2) is 24.3 Å². The van der Waals surface area contributed by atoms with Crippen LogP contribution in [0.25, 0.3) is 0 Å². The molecule has 8 nitrogen and oxygen atoms in total. The fourth-order valence-corrected chi connectivity index (χ4v) is 8.30. The van der Waals surface area contributed by atoms with Gasteiger partial charge in [-0.3, -0.25) is 4.79 Å². The first-order valence-electron chi connectivity index (χ1n) is 12.1. The monoisotopic (exact) mass is 552 g/mol. The molecule has 3 fully saturated rings. The molecule has 3 aliphatic heterocycles. The molecule has 0 aliphatic carbocycles. The Morgan fingerprint density at radius 2 is 1.75 bits per heavy atom. The van der Waals surface area contributed by atoms with Crippen LogP contribution in [0.1, 0.15) is 50.5 Å². The number of alkyl halides is 3. The SMILES string of the molecule is O=C(NOC1CCCCO1)C1(S(=O)(=O)N2CCC(Oc3ccc(C(F)(F)F)cc3)CC2)CCSCC1. The van der Waals surface area contributed by atoms with Gasteiger partial charge >= 0.3 is 6.18 Å². The summed E-state index contributed by atoms with van der Waals surface area (Å²) in [7, 11) is -4.01. The van der Waals surface area contributed by atoms with Gasteiger partial charge in [-0.2, -0.15) is 24.9 Å². The van der Waals surface area contributed by atoms with Crippen molar-refractivity contribution in [2.45, 2.75) is 68.3 Å². The average molecular weight is 553 g/mol. The molecule has 0 bridgehead atoms. The Kier molecular flexibility index (Phi) is 8.75. The predicted octanol–water partition coefficient (Wildman–Crippen LogP) is 3.72. The van der Waals surface area contributed by atoms with Crippen molar-refractivity contribution in [3.05, 3.63) is 29.8 Å². The molecule has 1 N–H and O–H groups in total. The Morgan fingerprint density at radius 3 is 2.33 bits per heavy atom. The smallest absolute Gasteiger partial charge is 0.416 e. The van der Waals surface area contributed by atoms with Crippen molar-refractivity contribution in [3.63, 3.8) is 0 Å². The third-order valence-corrected chi connectivity index (χ3v) is 10.5. The fourth-order valence-electron chi connectivity index (χ4n) is 4.67. The molecule has 13 heteroatoms. The first-order valence-corrected chi connectivity index (χ1v) is 14.7. The molecule has 0 aromatic heterocycles. The summed E-state index contributed by atoms with van der Waals surface area (Å²) in [5, 5.41) is 0. The number of ether oxygens (including phenoxy) is 2. The van der Waals surface area contributed by atoms with Crippen molar-refractivity contribution in [2.75, 3.05) is 31.2 Å². The van der Waals surface area contributed by atoms with Crippen LogP contribution in [0.2, 0.25) is 0 Å². The van der Waals surface area contributed by atoms with Gasteiger partial charge < -0.3 is 9.47 Å². The molecule has 1 amide bonds. The lowest BCUT2D eigenvalue weighted by Gasteiger charge is -2.41. The second-order valence-corrected chi connectivity index (χ2v) is 12.7. The maximum Gasteiger partial charge on any atom is 0.416 e. The number of halogens is 3. The lowest BCUT2D eigenvalue weighted by atomic mass is 10.0. The van der Waals surface area contributed by atoms with Gasteiger partial charge in [-0.05, 0) is 74.3 Å². The van der Waals surface area contributed by atoms with E-state index in [9.17, 15) is 26.4 Å². The molecule has 202 valence electrons. The molecule has 1 atom stereocenters.